The fourth-order valence-electron chi connectivity index (χ4n) is 8.66. The maximum atomic E-state index is 2.48. The Morgan fingerprint density at radius 3 is 1.72 bits per heavy atom. The van der Waals surface area contributed by atoms with Gasteiger partial charge in [0.05, 0.1) is 11.0 Å². The van der Waals surface area contributed by atoms with Crippen LogP contribution in [0, 0.1) is 0 Å². The molecule has 0 radical (unpaired) electrons. The summed E-state index contributed by atoms with van der Waals surface area (Å²) < 4.78 is 5.08. The molecule has 0 saturated heterocycles. The van der Waals surface area contributed by atoms with Crippen molar-refractivity contribution in [2.75, 3.05) is 4.90 Å². The highest BCUT2D eigenvalue weighted by molar-refractivity contribution is 7.26. The molecule has 1 aliphatic rings. The molecule has 2 heterocycles. The minimum atomic E-state index is 1.09. The van der Waals surface area contributed by atoms with Crippen molar-refractivity contribution in [1.29, 1.82) is 0 Å². The lowest BCUT2D eigenvalue weighted by atomic mass is 9.99. The van der Waals surface area contributed by atoms with Gasteiger partial charge in [-0.05, 0) is 119 Å². The van der Waals surface area contributed by atoms with E-state index < -0.39 is 0 Å². The molecule has 0 N–H and O–H groups in total. The van der Waals surface area contributed by atoms with Crippen LogP contribution >= 0.6 is 11.3 Å². The van der Waals surface area contributed by atoms with Crippen LogP contribution in [0.5, 0.6) is 0 Å². The van der Waals surface area contributed by atoms with Gasteiger partial charge in [0.1, 0.15) is 0 Å². The molecule has 0 spiro atoms. The summed E-state index contributed by atoms with van der Waals surface area (Å²) in [5.74, 6) is 0. The molecule has 1 aliphatic carbocycles. The van der Waals surface area contributed by atoms with E-state index in [1.54, 1.807) is 0 Å². The summed E-state index contributed by atoms with van der Waals surface area (Å²) in [6.07, 6.45) is 9.08. The predicted molar refractivity (Wildman–Crippen MR) is 246 cm³/mol. The molecule has 270 valence electrons. The second-order valence-corrected chi connectivity index (χ2v) is 15.9. The Kier molecular flexibility index (Phi) is 8.19. The lowest BCUT2D eigenvalue weighted by molar-refractivity contribution is 1.04. The van der Waals surface area contributed by atoms with Gasteiger partial charge >= 0.3 is 0 Å². The van der Waals surface area contributed by atoms with Crippen molar-refractivity contribution in [3.63, 3.8) is 0 Å². The largest absolute Gasteiger partial charge is 0.310 e. The van der Waals surface area contributed by atoms with E-state index in [0.717, 1.165) is 35.6 Å². The normalized spacial score (nSPS) is 12.8. The van der Waals surface area contributed by atoms with E-state index in [4.69, 9.17) is 0 Å². The molecule has 0 fully saturated rings. The van der Waals surface area contributed by atoms with Crippen molar-refractivity contribution in [3.8, 4) is 27.9 Å². The van der Waals surface area contributed by atoms with Crippen LogP contribution < -0.4 is 4.90 Å². The standard InChI is InChI=1S/C54H38N2S/c1-5-13-37(14-6-1)40-21-26-44(27-22-40)55(45-28-23-41(24-29-45)38-15-7-2-8-16-38)46-30-32-50-48(36-46)47-31-34-52-53(54(47)56(50)43-19-11-4-12-20-43)49-35-42(25-33-51(49)57-52)39-17-9-3-10-18-39/h1,3-7,9-36H,2,8H2. The van der Waals surface area contributed by atoms with E-state index >= 15 is 0 Å². The Bertz CT molecular complexity index is 3130. The van der Waals surface area contributed by atoms with Crippen molar-refractivity contribution in [2.24, 2.45) is 0 Å². The molecule has 0 aliphatic heterocycles. The third kappa shape index (κ3) is 5.87. The predicted octanol–water partition coefficient (Wildman–Crippen LogP) is 15.7. The molecular weight excluding hydrogens is 709 g/mol. The Morgan fingerprint density at radius 2 is 1.04 bits per heavy atom. The second kappa shape index (κ2) is 14.0. The summed E-state index contributed by atoms with van der Waals surface area (Å²) in [4.78, 5) is 2.40. The summed E-state index contributed by atoms with van der Waals surface area (Å²) in [6, 6.07) is 68.9. The van der Waals surface area contributed by atoms with Crippen molar-refractivity contribution in [2.45, 2.75) is 12.8 Å². The van der Waals surface area contributed by atoms with Gasteiger partial charge in [0, 0.05) is 53.7 Å². The number of anilines is 3. The molecule has 57 heavy (non-hydrogen) atoms. The zero-order valence-electron chi connectivity index (χ0n) is 31.3. The van der Waals surface area contributed by atoms with E-state index in [1.165, 1.54) is 75.4 Å². The van der Waals surface area contributed by atoms with Crippen LogP contribution in [-0.4, -0.2) is 4.57 Å². The third-order valence-electron chi connectivity index (χ3n) is 11.4. The summed E-state index contributed by atoms with van der Waals surface area (Å²) in [5, 5.41) is 5.08. The lowest BCUT2D eigenvalue weighted by Gasteiger charge is -2.26. The Morgan fingerprint density at radius 1 is 0.439 bits per heavy atom. The van der Waals surface area contributed by atoms with E-state index in [1.807, 2.05) is 11.3 Å². The highest BCUT2D eigenvalue weighted by atomic mass is 32.1. The monoisotopic (exact) mass is 746 g/mol. The molecule has 8 aromatic carbocycles. The topological polar surface area (TPSA) is 8.17 Å². The van der Waals surface area contributed by atoms with Crippen LogP contribution in [0.15, 0.2) is 206 Å². The number of para-hydroxylation sites is 1. The van der Waals surface area contributed by atoms with Gasteiger partial charge in [-0.3, -0.25) is 0 Å². The van der Waals surface area contributed by atoms with Gasteiger partial charge in [0.15, 0.2) is 0 Å². The summed E-state index contributed by atoms with van der Waals surface area (Å²) in [6.45, 7) is 0. The maximum absolute atomic E-state index is 2.48. The zero-order chi connectivity index (χ0) is 37.7. The number of hydrogen-bond acceptors (Lipinski definition) is 2. The average molecular weight is 747 g/mol. The average Bonchev–Trinajstić information content (AvgIpc) is 3.83. The van der Waals surface area contributed by atoms with E-state index in [9.17, 15) is 0 Å². The summed E-state index contributed by atoms with van der Waals surface area (Å²) >= 11 is 1.88. The summed E-state index contributed by atoms with van der Waals surface area (Å²) in [5.41, 5.74) is 14.4. The number of thiophene rings is 1. The smallest absolute Gasteiger partial charge is 0.0634 e. The highest BCUT2D eigenvalue weighted by Crippen LogP contribution is 2.46. The van der Waals surface area contributed by atoms with Crippen LogP contribution in [0.4, 0.5) is 17.1 Å². The molecule has 2 aromatic heterocycles. The Labute approximate surface area is 336 Å². The first-order chi connectivity index (χ1) is 28.3. The van der Waals surface area contributed by atoms with E-state index in [0.29, 0.717) is 0 Å². The number of hydrogen-bond donors (Lipinski definition) is 0. The van der Waals surface area contributed by atoms with Gasteiger partial charge in [-0.1, -0.05) is 133 Å². The van der Waals surface area contributed by atoms with E-state index in [2.05, 4.69) is 216 Å². The number of aromatic nitrogens is 1. The van der Waals surface area contributed by atoms with Crippen molar-refractivity contribution in [3.05, 3.63) is 212 Å². The van der Waals surface area contributed by atoms with Crippen molar-refractivity contribution < 1.29 is 0 Å². The number of nitrogens with zero attached hydrogens (tertiary/aromatic N) is 2. The van der Waals surface area contributed by atoms with Crippen LogP contribution in [-0.2, 0) is 0 Å². The molecule has 10 aromatic rings. The van der Waals surface area contributed by atoms with Crippen LogP contribution in [0.3, 0.4) is 0 Å². The number of fused-ring (bicyclic) bond motifs is 7. The molecule has 11 rings (SSSR count). The molecule has 0 bridgehead atoms. The second-order valence-electron chi connectivity index (χ2n) is 14.8. The van der Waals surface area contributed by atoms with Crippen LogP contribution in [0.1, 0.15) is 18.4 Å². The van der Waals surface area contributed by atoms with Gasteiger partial charge in [0.25, 0.3) is 0 Å². The molecule has 2 nitrogen and oxygen atoms in total. The zero-order valence-corrected chi connectivity index (χ0v) is 32.2. The van der Waals surface area contributed by atoms with Gasteiger partial charge in [-0.2, -0.15) is 0 Å². The van der Waals surface area contributed by atoms with Gasteiger partial charge in [-0.15, -0.1) is 11.3 Å². The number of allylic oxidation sites excluding steroid dienone is 4. The minimum Gasteiger partial charge on any atom is -0.310 e. The molecule has 3 heteroatoms. The van der Waals surface area contributed by atoms with Gasteiger partial charge < -0.3 is 9.47 Å². The third-order valence-corrected chi connectivity index (χ3v) is 12.5. The highest BCUT2D eigenvalue weighted by Gasteiger charge is 2.21. The number of rotatable bonds is 7. The van der Waals surface area contributed by atoms with Crippen molar-refractivity contribution in [1.82, 2.24) is 4.57 Å². The first-order valence-electron chi connectivity index (χ1n) is 19.7. The fraction of sp³-hybridized carbons (Fsp3) is 0.0370. The lowest BCUT2D eigenvalue weighted by Crippen LogP contribution is -2.10. The van der Waals surface area contributed by atoms with E-state index in [-0.39, 0.29) is 0 Å². The van der Waals surface area contributed by atoms with Crippen LogP contribution in [0.2, 0.25) is 0 Å². The summed E-state index contributed by atoms with van der Waals surface area (Å²) in [7, 11) is 0. The van der Waals surface area contributed by atoms with Crippen LogP contribution in [0.25, 0.3) is 75.5 Å². The number of benzene rings is 8. The Balaban J connectivity index is 1.13. The molecule has 0 amide bonds. The molecule has 0 saturated carbocycles. The van der Waals surface area contributed by atoms with Gasteiger partial charge in [-0.25, -0.2) is 0 Å². The maximum Gasteiger partial charge on any atom is 0.0634 e. The molecule has 0 atom stereocenters. The first kappa shape index (κ1) is 33.4. The van der Waals surface area contributed by atoms with Gasteiger partial charge in [0.2, 0.25) is 0 Å². The Hall–Kier alpha value is -6.94. The van der Waals surface area contributed by atoms with Crippen molar-refractivity contribution >= 4 is 76.0 Å². The first-order valence-corrected chi connectivity index (χ1v) is 20.6. The quantitative estimate of drug-likeness (QED) is 0.158. The SMILES string of the molecule is C1=CC(c2ccc(N(c3ccc(-c4ccccc4)cc3)c3ccc4c(c3)c3ccc5sc6ccc(-c7ccccc7)cc6c5c3n4-c3ccccc3)cc2)=CCC1. The fourth-order valence-corrected chi connectivity index (χ4v) is 9.75. The molecule has 0 unspecified atom stereocenters. The minimum absolute atomic E-state index is 1.09. The molecular formula is C54H38N2S.